The van der Waals surface area contributed by atoms with Crippen LogP contribution in [0.4, 0.5) is 0 Å². The highest BCUT2D eigenvalue weighted by molar-refractivity contribution is 6.31. The zero-order valence-electron chi connectivity index (χ0n) is 15.0. The molecule has 0 nitrogen and oxygen atoms in total. The van der Waals surface area contributed by atoms with Gasteiger partial charge in [0, 0.05) is 0 Å². The van der Waals surface area contributed by atoms with Gasteiger partial charge in [-0.1, -0.05) is 67.0 Å². The maximum absolute atomic E-state index is 2.58. The van der Waals surface area contributed by atoms with Gasteiger partial charge in [-0.05, 0) is 54.8 Å². The third-order valence-electron chi connectivity index (χ3n) is 6.14. The predicted octanol–water partition coefficient (Wildman–Crippen LogP) is 6.45. The van der Waals surface area contributed by atoms with Crippen LogP contribution in [0.25, 0.3) is 0 Å². The molecule has 0 N–H and O–H groups in total. The molecule has 2 aliphatic carbocycles. The summed E-state index contributed by atoms with van der Waals surface area (Å²) in [5, 5.41) is 0. The molecule has 2 aliphatic rings. The normalized spacial score (nSPS) is 34.9. The molecule has 0 amide bonds. The second-order valence-electron chi connectivity index (χ2n) is 8.31. The van der Waals surface area contributed by atoms with E-state index in [-0.39, 0.29) is 0 Å². The molecule has 0 aromatic carbocycles. The summed E-state index contributed by atoms with van der Waals surface area (Å²) in [6.07, 6.45) is 11.9. The van der Waals surface area contributed by atoms with E-state index in [0.29, 0.717) is 5.41 Å². The van der Waals surface area contributed by atoms with Crippen molar-refractivity contribution in [1.29, 1.82) is 0 Å². The van der Waals surface area contributed by atoms with Gasteiger partial charge >= 0.3 is 0 Å². The Morgan fingerprint density at radius 1 is 0.650 bits per heavy atom. The van der Waals surface area contributed by atoms with Crippen LogP contribution in [-0.2, 0) is 0 Å². The minimum absolute atomic E-state index is 0.611. The molecule has 2 saturated carbocycles. The lowest BCUT2D eigenvalue weighted by molar-refractivity contribution is 0.0421. The molecule has 0 aliphatic heterocycles. The Morgan fingerprint density at radius 3 is 1.15 bits per heavy atom. The third-order valence-corrected chi connectivity index (χ3v) is 6.14. The summed E-state index contributed by atoms with van der Waals surface area (Å²) in [4.78, 5) is 0. The van der Waals surface area contributed by atoms with E-state index in [0.717, 1.165) is 23.7 Å². The van der Waals surface area contributed by atoms with Crippen LogP contribution < -0.4 is 0 Å². The molecule has 0 bridgehead atoms. The molecule has 0 atom stereocenters. The maximum atomic E-state index is 2.58. The van der Waals surface area contributed by atoms with E-state index >= 15 is 0 Å². The molecular formula is C19H38B. The Labute approximate surface area is 129 Å². The van der Waals surface area contributed by atoms with Crippen molar-refractivity contribution in [2.24, 2.45) is 29.1 Å². The summed E-state index contributed by atoms with van der Waals surface area (Å²) in [5.41, 5.74) is 0.611. The summed E-state index contributed by atoms with van der Waals surface area (Å²) in [7, 11) is 2.00. The Balaban J connectivity index is 0.000000612. The van der Waals surface area contributed by atoms with Gasteiger partial charge in [-0.15, -0.1) is 0 Å². The number of hydrogen-bond donors (Lipinski definition) is 0. The standard InChI is InChI=1S/C17H32.C2H6B/c1-13-5-9-15(10-6-13)17(3,4)16-11-7-14(2)8-12-16;1-3-2/h13-16H,5-12H2,1-4H3;1-2H3. The molecule has 0 heterocycles. The molecule has 20 heavy (non-hydrogen) atoms. The van der Waals surface area contributed by atoms with E-state index in [4.69, 9.17) is 0 Å². The molecule has 1 radical (unpaired) electrons. The van der Waals surface area contributed by atoms with Crippen LogP contribution in [-0.4, -0.2) is 7.28 Å². The van der Waals surface area contributed by atoms with Gasteiger partial charge in [-0.3, -0.25) is 0 Å². The molecule has 0 aromatic heterocycles. The predicted molar refractivity (Wildman–Crippen MR) is 93.5 cm³/mol. The minimum Gasteiger partial charge on any atom is -0.0922 e. The number of rotatable bonds is 2. The van der Waals surface area contributed by atoms with Crippen molar-refractivity contribution in [3.63, 3.8) is 0 Å². The van der Waals surface area contributed by atoms with Crippen LogP contribution in [0.2, 0.25) is 13.6 Å². The Hall–Kier alpha value is 0.0649. The van der Waals surface area contributed by atoms with Gasteiger partial charge in [0.2, 0.25) is 0 Å². The van der Waals surface area contributed by atoms with Crippen LogP contribution >= 0.6 is 0 Å². The second kappa shape index (κ2) is 8.49. The number of hydrogen-bond acceptors (Lipinski definition) is 0. The van der Waals surface area contributed by atoms with Gasteiger partial charge in [-0.2, -0.15) is 0 Å². The van der Waals surface area contributed by atoms with Crippen LogP contribution in [0.3, 0.4) is 0 Å². The molecule has 1 heteroatoms. The van der Waals surface area contributed by atoms with Gasteiger partial charge in [0.05, 0.1) is 0 Å². The van der Waals surface area contributed by atoms with Gasteiger partial charge < -0.3 is 0 Å². The van der Waals surface area contributed by atoms with Gasteiger partial charge in [0.1, 0.15) is 7.28 Å². The fourth-order valence-electron chi connectivity index (χ4n) is 4.34. The first kappa shape index (κ1) is 18.1. The van der Waals surface area contributed by atoms with E-state index in [1.165, 1.54) is 51.4 Å². The summed E-state index contributed by atoms with van der Waals surface area (Å²) in [6.45, 7) is 14.0. The molecular weight excluding hydrogens is 239 g/mol. The first-order chi connectivity index (χ1) is 9.41. The molecule has 2 rings (SSSR count). The molecule has 117 valence electrons. The quantitative estimate of drug-likeness (QED) is 0.508. The fraction of sp³-hybridized carbons (Fsp3) is 1.00. The van der Waals surface area contributed by atoms with E-state index in [1.807, 2.05) is 20.9 Å². The lowest BCUT2D eigenvalue weighted by Crippen LogP contribution is -2.36. The van der Waals surface area contributed by atoms with Crippen molar-refractivity contribution in [1.82, 2.24) is 0 Å². The second-order valence-corrected chi connectivity index (χ2v) is 8.31. The van der Waals surface area contributed by atoms with Gasteiger partial charge in [-0.25, -0.2) is 0 Å². The van der Waals surface area contributed by atoms with E-state index in [9.17, 15) is 0 Å². The molecule has 0 aromatic rings. The summed E-state index contributed by atoms with van der Waals surface area (Å²) >= 11 is 0. The Kier molecular flexibility index (Phi) is 7.69. The highest BCUT2D eigenvalue weighted by atomic mass is 14.4. The summed E-state index contributed by atoms with van der Waals surface area (Å²) in [5.74, 6) is 4.01. The van der Waals surface area contributed by atoms with Crippen molar-refractivity contribution in [2.75, 3.05) is 0 Å². The molecule has 2 fully saturated rings. The lowest BCUT2D eigenvalue weighted by atomic mass is 9.59. The Bertz CT molecular complexity index is 218. The van der Waals surface area contributed by atoms with Crippen LogP contribution in [0, 0.1) is 29.1 Å². The third kappa shape index (κ3) is 5.12. The van der Waals surface area contributed by atoms with Crippen LogP contribution in [0.15, 0.2) is 0 Å². The van der Waals surface area contributed by atoms with E-state index in [1.54, 1.807) is 0 Å². The SMILES string of the molecule is CC1CCC(C(C)(C)C2CCC(C)CC2)CC1.C[B]C. The first-order valence-corrected chi connectivity index (χ1v) is 9.15. The molecule has 0 spiro atoms. The smallest absolute Gasteiger partial charge is 0.0922 e. The summed E-state index contributed by atoms with van der Waals surface area (Å²) < 4.78 is 0. The lowest BCUT2D eigenvalue weighted by Gasteiger charge is -2.46. The van der Waals surface area contributed by atoms with Crippen molar-refractivity contribution in [3.05, 3.63) is 0 Å². The van der Waals surface area contributed by atoms with Crippen molar-refractivity contribution >= 4 is 7.28 Å². The fourth-order valence-corrected chi connectivity index (χ4v) is 4.34. The van der Waals surface area contributed by atoms with Crippen LogP contribution in [0.5, 0.6) is 0 Å². The zero-order chi connectivity index (χ0) is 15.2. The highest BCUT2D eigenvalue weighted by Crippen LogP contribution is 2.49. The monoisotopic (exact) mass is 277 g/mol. The largest absolute Gasteiger partial charge is 0.102 e. The van der Waals surface area contributed by atoms with Gasteiger partial charge in [0.15, 0.2) is 0 Å². The first-order valence-electron chi connectivity index (χ1n) is 9.15. The Morgan fingerprint density at radius 2 is 0.900 bits per heavy atom. The van der Waals surface area contributed by atoms with E-state index < -0.39 is 0 Å². The molecule has 0 unspecified atom stereocenters. The maximum Gasteiger partial charge on any atom is 0.102 e. The van der Waals surface area contributed by atoms with Gasteiger partial charge in [0.25, 0.3) is 0 Å². The van der Waals surface area contributed by atoms with E-state index in [2.05, 4.69) is 27.7 Å². The highest BCUT2D eigenvalue weighted by Gasteiger charge is 2.39. The van der Waals surface area contributed by atoms with Crippen molar-refractivity contribution in [3.8, 4) is 0 Å². The minimum atomic E-state index is 0.611. The average Bonchev–Trinajstić information content (AvgIpc) is 2.40. The van der Waals surface area contributed by atoms with Crippen molar-refractivity contribution in [2.45, 2.75) is 92.7 Å². The topological polar surface area (TPSA) is 0 Å². The zero-order valence-corrected chi connectivity index (χ0v) is 15.0. The van der Waals surface area contributed by atoms with Crippen molar-refractivity contribution < 1.29 is 0 Å². The average molecular weight is 277 g/mol. The molecule has 0 saturated heterocycles. The summed E-state index contributed by atoms with van der Waals surface area (Å²) in [6, 6.07) is 0. The van der Waals surface area contributed by atoms with Crippen LogP contribution in [0.1, 0.15) is 79.1 Å².